The van der Waals surface area contributed by atoms with Crippen LogP contribution in [0.2, 0.25) is 0 Å². The number of halogens is 1. The Kier molecular flexibility index (Phi) is 6.37. The highest BCUT2D eigenvalue weighted by Crippen LogP contribution is 2.44. The lowest BCUT2D eigenvalue weighted by molar-refractivity contribution is -0.130. The zero-order chi connectivity index (χ0) is 19.4. The van der Waals surface area contributed by atoms with E-state index >= 15 is 0 Å². The van der Waals surface area contributed by atoms with E-state index in [1.54, 1.807) is 6.07 Å². The molecule has 1 aliphatic carbocycles. The van der Waals surface area contributed by atoms with Crippen molar-refractivity contribution in [3.05, 3.63) is 23.5 Å². The Balaban J connectivity index is 1.79. The second-order valence-electron chi connectivity index (χ2n) is 7.52. The van der Waals surface area contributed by atoms with Crippen molar-refractivity contribution in [2.75, 3.05) is 20.5 Å². The van der Waals surface area contributed by atoms with E-state index in [1.165, 1.54) is 13.2 Å². The predicted octanol–water partition coefficient (Wildman–Crippen LogP) is 4.06. The smallest absolute Gasteiger partial charge is 0.163 e. The monoisotopic (exact) mass is 380 g/mol. The molecule has 0 radical (unpaired) electrons. The molecular formula is C21H29FO5. The van der Waals surface area contributed by atoms with Gasteiger partial charge in [-0.2, -0.15) is 0 Å². The zero-order valence-corrected chi connectivity index (χ0v) is 16.4. The van der Waals surface area contributed by atoms with Gasteiger partial charge in [-0.05, 0) is 36.8 Å². The van der Waals surface area contributed by atoms with Gasteiger partial charge in [0.1, 0.15) is 24.0 Å². The first-order chi connectivity index (χ1) is 13.0. The third-order valence-electron chi connectivity index (χ3n) is 5.80. The van der Waals surface area contributed by atoms with Crippen LogP contribution in [0.4, 0.5) is 4.39 Å². The minimum atomic E-state index is -0.524. The molecule has 2 fully saturated rings. The molecule has 6 heteroatoms. The highest BCUT2D eigenvalue weighted by Gasteiger charge is 2.52. The largest absolute Gasteiger partial charge is 0.493 e. The van der Waals surface area contributed by atoms with Gasteiger partial charge in [-0.3, -0.25) is 4.79 Å². The summed E-state index contributed by atoms with van der Waals surface area (Å²) in [7, 11) is 1.51. The molecule has 0 amide bonds. The molecule has 1 heterocycles. The van der Waals surface area contributed by atoms with Crippen LogP contribution in [-0.2, 0) is 20.7 Å². The van der Waals surface area contributed by atoms with Gasteiger partial charge < -0.3 is 18.9 Å². The van der Waals surface area contributed by atoms with Crippen LogP contribution in [0.25, 0.3) is 0 Å². The van der Waals surface area contributed by atoms with Crippen molar-refractivity contribution in [3.8, 4) is 11.5 Å². The fourth-order valence-electron chi connectivity index (χ4n) is 4.11. The second kappa shape index (κ2) is 8.57. The van der Waals surface area contributed by atoms with E-state index in [1.807, 2.05) is 6.92 Å². The van der Waals surface area contributed by atoms with Crippen LogP contribution in [0.5, 0.6) is 11.5 Å². The van der Waals surface area contributed by atoms with Gasteiger partial charge in [-0.15, -0.1) is 0 Å². The van der Waals surface area contributed by atoms with E-state index in [4.69, 9.17) is 18.9 Å². The number of unbranched alkanes of at least 4 members (excludes halogenated alkanes) is 1. The Hall–Kier alpha value is -1.66. The number of Topliss-reactive ketones (excluding diaryl/α,β-unsaturated/α-hetero) is 1. The molecule has 0 unspecified atom stereocenters. The standard InChI is InChI=1S/C21H29FO5/c1-4-5-8-25-19-10-15(17(22)12-18(19)24-3)9-14(2)21-7-6-16(23)11-20(21)26-13-27-21/h10,12,14,20H,4-9,11,13H2,1-3H3/t14-,20+,21+/m0/s1. The van der Waals surface area contributed by atoms with Gasteiger partial charge in [0.15, 0.2) is 11.5 Å². The molecule has 0 spiro atoms. The van der Waals surface area contributed by atoms with E-state index in [-0.39, 0.29) is 30.4 Å². The molecule has 27 heavy (non-hydrogen) atoms. The van der Waals surface area contributed by atoms with E-state index < -0.39 is 5.60 Å². The molecule has 1 aromatic rings. The number of methoxy groups -OCH3 is 1. The van der Waals surface area contributed by atoms with Gasteiger partial charge in [-0.1, -0.05) is 20.3 Å². The molecule has 1 aliphatic heterocycles. The zero-order valence-electron chi connectivity index (χ0n) is 16.4. The van der Waals surface area contributed by atoms with Gasteiger partial charge in [0.05, 0.1) is 19.8 Å². The van der Waals surface area contributed by atoms with Crippen molar-refractivity contribution < 1.29 is 28.1 Å². The summed E-state index contributed by atoms with van der Waals surface area (Å²) in [6.07, 6.45) is 3.67. The molecule has 0 N–H and O–H groups in total. The molecule has 1 saturated carbocycles. The van der Waals surface area contributed by atoms with Gasteiger partial charge in [0.2, 0.25) is 0 Å². The van der Waals surface area contributed by atoms with Crippen molar-refractivity contribution in [1.29, 1.82) is 0 Å². The summed E-state index contributed by atoms with van der Waals surface area (Å²) in [5.41, 5.74) is 0.0408. The average molecular weight is 380 g/mol. The van der Waals surface area contributed by atoms with Crippen LogP contribution in [0, 0.1) is 11.7 Å². The summed E-state index contributed by atoms with van der Waals surface area (Å²) in [5, 5.41) is 0. The highest BCUT2D eigenvalue weighted by molar-refractivity contribution is 5.80. The summed E-state index contributed by atoms with van der Waals surface area (Å²) >= 11 is 0. The SMILES string of the molecule is CCCCOc1cc(C[C@H](C)[C@]23CCC(=O)C[C@H]2OCO3)c(F)cc1OC. The summed E-state index contributed by atoms with van der Waals surface area (Å²) in [6.45, 7) is 4.89. The number of hydrogen-bond acceptors (Lipinski definition) is 5. The lowest BCUT2D eigenvalue weighted by Crippen LogP contribution is -2.50. The van der Waals surface area contributed by atoms with Crippen molar-refractivity contribution in [1.82, 2.24) is 0 Å². The van der Waals surface area contributed by atoms with Crippen molar-refractivity contribution in [2.45, 2.75) is 64.1 Å². The fraction of sp³-hybridized carbons (Fsp3) is 0.667. The minimum absolute atomic E-state index is 0.00415. The molecular weight excluding hydrogens is 351 g/mol. The van der Waals surface area contributed by atoms with Gasteiger partial charge in [-0.25, -0.2) is 4.39 Å². The second-order valence-corrected chi connectivity index (χ2v) is 7.52. The van der Waals surface area contributed by atoms with Crippen molar-refractivity contribution >= 4 is 5.78 Å². The molecule has 0 bridgehead atoms. The summed E-state index contributed by atoms with van der Waals surface area (Å²) in [5.74, 6) is 0.853. The lowest BCUT2D eigenvalue weighted by Gasteiger charge is -2.40. The molecule has 3 rings (SSSR count). The molecule has 1 saturated heterocycles. The first-order valence-electron chi connectivity index (χ1n) is 9.76. The third kappa shape index (κ3) is 4.11. The number of carbonyl (C=O) groups is 1. The van der Waals surface area contributed by atoms with Crippen LogP contribution >= 0.6 is 0 Å². The van der Waals surface area contributed by atoms with E-state index in [0.29, 0.717) is 49.4 Å². The third-order valence-corrected chi connectivity index (χ3v) is 5.80. The number of benzene rings is 1. The molecule has 150 valence electrons. The average Bonchev–Trinajstić information content (AvgIpc) is 3.08. The van der Waals surface area contributed by atoms with Crippen LogP contribution < -0.4 is 9.47 Å². The van der Waals surface area contributed by atoms with Crippen molar-refractivity contribution in [2.24, 2.45) is 5.92 Å². The molecule has 2 aliphatic rings. The Bertz CT molecular complexity index is 677. The summed E-state index contributed by atoms with van der Waals surface area (Å²) in [6, 6.07) is 3.12. The maximum absolute atomic E-state index is 14.7. The minimum Gasteiger partial charge on any atom is -0.493 e. The van der Waals surface area contributed by atoms with E-state index in [9.17, 15) is 9.18 Å². The number of carbonyl (C=O) groups excluding carboxylic acids is 1. The highest BCUT2D eigenvalue weighted by atomic mass is 19.1. The van der Waals surface area contributed by atoms with Gasteiger partial charge in [0, 0.05) is 18.9 Å². The predicted molar refractivity (Wildman–Crippen MR) is 98.6 cm³/mol. The van der Waals surface area contributed by atoms with E-state index in [2.05, 4.69) is 6.92 Å². The van der Waals surface area contributed by atoms with Crippen LogP contribution in [0.3, 0.4) is 0 Å². The van der Waals surface area contributed by atoms with Crippen LogP contribution in [-0.4, -0.2) is 38.0 Å². The lowest BCUT2D eigenvalue weighted by atomic mass is 9.72. The number of ketones is 1. The molecule has 1 aromatic carbocycles. The Labute approximate surface area is 160 Å². The number of fused-ring (bicyclic) bond motifs is 1. The number of ether oxygens (including phenoxy) is 4. The molecule has 0 aromatic heterocycles. The molecule has 3 atom stereocenters. The quantitative estimate of drug-likeness (QED) is 0.637. The van der Waals surface area contributed by atoms with E-state index in [0.717, 1.165) is 12.8 Å². The Morgan fingerprint density at radius 1 is 1.37 bits per heavy atom. The first-order valence-corrected chi connectivity index (χ1v) is 9.76. The fourth-order valence-corrected chi connectivity index (χ4v) is 4.11. The van der Waals surface area contributed by atoms with Gasteiger partial charge in [0.25, 0.3) is 0 Å². The van der Waals surface area contributed by atoms with Crippen LogP contribution in [0.1, 0.15) is 51.5 Å². The topological polar surface area (TPSA) is 54.0 Å². The van der Waals surface area contributed by atoms with Crippen molar-refractivity contribution in [3.63, 3.8) is 0 Å². The molecule has 5 nitrogen and oxygen atoms in total. The number of hydrogen-bond donors (Lipinski definition) is 0. The summed E-state index contributed by atoms with van der Waals surface area (Å²) < 4.78 is 37.4. The number of rotatable bonds is 8. The van der Waals surface area contributed by atoms with Crippen LogP contribution in [0.15, 0.2) is 12.1 Å². The Morgan fingerprint density at radius 3 is 2.93 bits per heavy atom. The maximum atomic E-state index is 14.7. The first kappa shape index (κ1) is 20.1. The summed E-state index contributed by atoms with van der Waals surface area (Å²) in [4.78, 5) is 11.8. The van der Waals surface area contributed by atoms with Gasteiger partial charge >= 0.3 is 0 Å². The normalized spacial score (nSPS) is 25.9. The maximum Gasteiger partial charge on any atom is 0.163 e. The Morgan fingerprint density at radius 2 is 2.19 bits per heavy atom.